The highest BCUT2D eigenvalue weighted by molar-refractivity contribution is 7.23. The second kappa shape index (κ2) is 14.1. The fraction of sp³-hybridized carbons (Fsp3) is 0.514. The second-order valence-electron chi connectivity index (χ2n) is 15.3. The van der Waals surface area contributed by atoms with Gasteiger partial charge in [-0.3, -0.25) is 10.2 Å². The molecule has 2 aromatic carbocycles. The molecule has 0 bridgehead atoms. The van der Waals surface area contributed by atoms with Gasteiger partial charge in [-0.2, -0.15) is 15.2 Å². The topological polar surface area (TPSA) is 122 Å². The summed E-state index contributed by atoms with van der Waals surface area (Å²) in [5, 5.41) is 12.4. The van der Waals surface area contributed by atoms with Gasteiger partial charge in [-0.1, -0.05) is 17.7 Å². The zero-order valence-corrected chi connectivity index (χ0v) is 31.6. The van der Waals surface area contributed by atoms with Gasteiger partial charge in [0.2, 0.25) is 0 Å². The summed E-state index contributed by atoms with van der Waals surface area (Å²) in [5.74, 6) is -2.45. The van der Waals surface area contributed by atoms with E-state index in [2.05, 4.69) is 15.3 Å². The molecule has 4 aliphatic heterocycles. The number of benzene rings is 2. The number of amides is 1. The summed E-state index contributed by atoms with van der Waals surface area (Å²) in [6.07, 6.45) is -3.06. The molecular formula is C37H36ClF5N6O5S. The molecule has 0 spiro atoms. The monoisotopic (exact) mass is 806 g/mol. The predicted molar refractivity (Wildman–Crippen MR) is 195 cm³/mol. The van der Waals surface area contributed by atoms with Crippen LogP contribution in [-0.4, -0.2) is 96.8 Å². The van der Waals surface area contributed by atoms with Crippen molar-refractivity contribution < 1.29 is 45.7 Å². The molecular weight excluding hydrogens is 771 g/mol. The lowest BCUT2D eigenvalue weighted by Crippen LogP contribution is -2.46. The highest BCUT2D eigenvalue weighted by Crippen LogP contribution is 2.52. The van der Waals surface area contributed by atoms with Crippen LogP contribution in [0.3, 0.4) is 0 Å². The Morgan fingerprint density at radius 1 is 1.22 bits per heavy atom. The van der Waals surface area contributed by atoms with Crippen LogP contribution in [0.2, 0.25) is 5.02 Å². The Balaban J connectivity index is 1.34. The molecule has 4 aliphatic rings. The molecule has 6 heterocycles. The summed E-state index contributed by atoms with van der Waals surface area (Å²) in [7, 11) is 0. The number of nitrogens with one attached hydrogen (secondary N) is 1. The maximum Gasteiger partial charge on any atom is 0.412 e. The molecule has 55 heavy (non-hydrogen) atoms. The molecule has 292 valence electrons. The molecule has 4 atom stereocenters. The Labute approximate surface area is 321 Å². The van der Waals surface area contributed by atoms with E-state index < -0.39 is 60.0 Å². The predicted octanol–water partition coefficient (Wildman–Crippen LogP) is 8.10. The lowest BCUT2D eigenvalue weighted by molar-refractivity contribution is 0.0636. The first-order valence-electron chi connectivity index (χ1n) is 17.8. The molecule has 3 fully saturated rings. The number of nitriles is 1. The Morgan fingerprint density at radius 2 is 2.02 bits per heavy atom. The van der Waals surface area contributed by atoms with Crippen molar-refractivity contribution in [2.24, 2.45) is 5.92 Å². The van der Waals surface area contributed by atoms with Crippen molar-refractivity contribution in [3.63, 3.8) is 0 Å². The SMILES string of the molecule is CC(C)(C)OC(=O)Nc1sc2c(F)ccc(-c3c(Cl)c4c5c(nc(OC[C@@]67CCCN6C[C@H](F)C7)nc5c3F)N(CC(F)F)C3COCC3CO4)c2c1C#N. The average molecular weight is 807 g/mol. The van der Waals surface area contributed by atoms with Crippen LogP contribution in [0.1, 0.15) is 45.6 Å². The van der Waals surface area contributed by atoms with Crippen molar-refractivity contribution in [3.05, 3.63) is 34.4 Å². The van der Waals surface area contributed by atoms with Crippen LogP contribution in [-0.2, 0) is 9.47 Å². The highest BCUT2D eigenvalue weighted by Gasteiger charge is 2.50. The van der Waals surface area contributed by atoms with Gasteiger partial charge >= 0.3 is 12.1 Å². The van der Waals surface area contributed by atoms with E-state index in [1.54, 1.807) is 20.8 Å². The third kappa shape index (κ3) is 6.64. The number of rotatable bonds is 7. The van der Waals surface area contributed by atoms with Gasteiger partial charge in [-0.15, -0.1) is 11.3 Å². The van der Waals surface area contributed by atoms with Gasteiger partial charge in [-0.05, 0) is 51.8 Å². The largest absolute Gasteiger partial charge is 0.491 e. The summed E-state index contributed by atoms with van der Waals surface area (Å²) < 4.78 is 99.7. The van der Waals surface area contributed by atoms with E-state index in [1.165, 1.54) is 11.0 Å². The molecule has 0 saturated carbocycles. The molecule has 11 nitrogen and oxygen atoms in total. The number of ether oxygens (including phenoxy) is 4. The number of aromatic nitrogens is 2. The van der Waals surface area contributed by atoms with E-state index in [9.17, 15) is 23.2 Å². The summed E-state index contributed by atoms with van der Waals surface area (Å²) in [6.45, 7) is 5.29. The summed E-state index contributed by atoms with van der Waals surface area (Å²) in [5.41, 5.74) is -2.43. The normalized spacial score (nSPS) is 23.7. The van der Waals surface area contributed by atoms with Gasteiger partial charge in [0.1, 0.15) is 46.6 Å². The van der Waals surface area contributed by atoms with Crippen LogP contribution in [0.5, 0.6) is 11.8 Å². The van der Waals surface area contributed by atoms with Crippen LogP contribution in [0.25, 0.3) is 32.1 Å². The van der Waals surface area contributed by atoms with E-state index in [0.29, 0.717) is 13.0 Å². The van der Waals surface area contributed by atoms with Gasteiger partial charge < -0.3 is 23.8 Å². The van der Waals surface area contributed by atoms with Crippen molar-refractivity contribution in [3.8, 4) is 29.0 Å². The Hall–Kier alpha value is -4.24. The minimum atomic E-state index is -2.83. The molecule has 1 amide bonds. The number of hydrogen-bond acceptors (Lipinski definition) is 11. The summed E-state index contributed by atoms with van der Waals surface area (Å²) in [6, 6.07) is 3.36. The first-order valence-corrected chi connectivity index (χ1v) is 19.0. The zero-order chi connectivity index (χ0) is 39.0. The van der Waals surface area contributed by atoms with Crippen LogP contribution >= 0.6 is 22.9 Å². The van der Waals surface area contributed by atoms with Crippen LogP contribution in [0.4, 0.5) is 37.6 Å². The Bertz CT molecular complexity index is 2250. The molecule has 2 aromatic heterocycles. The standard InChI is InChI=1S/C37H36ClF5N6O5S/c1-36(2,3)54-35(50)47-33-20(10-44)24-19(5-6-21(40)31(24)55-33)25-27(38)30-26-29(28(25)43)45-34(53-16-37-7-4-8-48(37)11-18(39)9-37)46-32(26)49(12-23(41)42)22-15-51-13-17(22)14-52-30/h5-6,17-18,22-23H,4,7-9,11-16H2,1-3H3,(H,47,50)/t17?,18-,22?,37+/m1/s1. The number of halogens is 6. The van der Waals surface area contributed by atoms with Crippen molar-refractivity contribution in [2.75, 3.05) is 56.3 Å². The maximum atomic E-state index is 17.5. The van der Waals surface area contributed by atoms with Gasteiger partial charge in [-0.25, -0.2) is 26.7 Å². The first-order chi connectivity index (χ1) is 26.2. The van der Waals surface area contributed by atoms with E-state index in [-0.39, 0.29) is 105 Å². The highest BCUT2D eigenvalue weighted by atomic mass is 35.5. The molecule has 4 aromatic rings. The average Bonchev–Trinajstić information content (AvgIpc) is 3.88. The second-order valence-corrected chi connectivity index (χ2v) is 16.7. The van der Waals surface area contributed by atoms with E-state index in [0.717, 1.165) is 23.8 Å². The molecule has 2 unspecified atom stereocenters. The number of fused-ring (bicyclic) bond motifs is 3. The zero-order valence-electron chi connectivity index (χ0n) is 30.0. The summed E-state index contributed by atoms with van der Waals surface area (Å²) in [4.78, 5) is 25.2. The van der Waals surface area contributed by atoms with Crippen LogP contribution in [0.15, 0.2) is 12.1 Å². The smallest absolute Gasteiger partial charge is 0.412 e. The molecule has 3 saturated heterocycles. The van der Waals surface area contributed by atoms with E-state index >= 15 is 8.78 Å². The number of alkyl halides is 3. The molecule has 0 radical (unpaired) electrons. The van der Waals surface area contributed by atoms with E-state index in [4.69, 9.17) is 30.5 Å². The van der Waals surface area contributed by atoms with Crippen LogP contribution in [0, 0.1) is 28.9 Å². The van der Waals surface area contributed by atoms with Crippen molar-refractivity contribution in [2.45, 2.75) is 69.8 Å². The molecule has 1 N–H and O–H groups in total. The number of carbonyl (C=O) groups is 1. The third-order valence-corrected chi connectivity index (χ3v) is 12.0. The van der Waals surface area contributed by atoms with Gasteiger partial charge in [0.05, 0.1) is 58.6 Å². The first kappa shape index (κ1) is 37.7. The minimum Gasteiger partial charge on any atom is -0.491 e. The maximum absolute atomic E-state index is 17.5. The van der Waals surface area contributed by atoms with Crippen molar-refractivity contribution in [1.82, 2.24) is 14.9 Å². The number of thiophene rings is 1. The number of hydrogen-bond donors (Lipinski definition) is 1. The van der Waals surface area contributed by atoms with Gasteiger partial charge in [0, 0.05) is 29.8 Å². The number of carbonyl (C=O) groups excluding carboxylic acids is 1. The summed E-state index contributed by atoms with van der Waals surface area (Å²) >= 11 is 7.82. The van der Waals surface area contributed by atoms with Gasteiger partial charge in [0.25, 0.3) is 6.43 Å². The van der Waals surface area contributed by atoms with E-state index in [1.807, 2.05) is 11.0 Å². The fourth-order valence-electron chi connectivity index (χ4n) is 8.31. The Kier molecular flexibility index (Phi) is 9.62. The van der Waals surface area contributed by atoms with Crippen LogP contribution < -0.4 is 19.7 Å². The molecule has 0 aliphatic carbocycles. The number of nitrogens with zero attached hydrogens (tertiary/aromatic N) is 5. The van der Waals surface area contributed by atoms with Gasteiger partial charge in [0.15, 0.2) is 11.6 Å². The Morgan fingerprint density at radius 3 is 2.76 bits per heavy atom. The van der Waals surface area contributed by atoms with Crippen molar-refractivity contribution >= 4 is 60.8 Å². The lowest BCUT2D eigenvalue weighted by atomic mass is 9.95. The third-order valence-electron chi connectivity index (χ3n) is 10.6. The van der Waals surface area contributed by atoms with Crippen molar-refractivity contribution in [1.29, 1.82) is 5.26 Å². The molecule has 8 rings (SSSR count). The lowest BCUT2D eigenvalue weighted by Gasteiger charge is -2.36. The molecule has 18 heteroatoms. The minimum absolute atomic E-state index is 0.0256. The quantitative estimate of drug-likeness (QED) is 0.184. The fourth-order valence-corrected chi connectivity index (χ4v) is 9.71. The number of anilines is 2.